The van der Waals surface area contributed by atoms with E-state index >= 15 is 0 Å². The molecule has 1 heterocycles. The molecule has 1 aliphatic rings. The highest BCUT2D eigenvalue weighted by atomic mass is 35.5. The molecule has 2 N–H and O–H groups in total. The lowest BCUT2D eigenvalue weighted by molar-refractivity contribution is -0.130. The van der Waals surface area contributed by atoms with Crippen molar-refractivity contribution in [3.05, 3.63) is 64.7 Å². The van der Waals surface area contributed by atoms with Gasteiger partial charge in [-0.1, -0.05) is 29.3 Å². The summed E-state index contributed by atoms with van der Waals surface area (Å²) in [5.74, 6) is -2.88. The van der Waals surface area contributed by atoms with Crippen LogP contribution in [-0.2, 0) is 9.59 Å². The van der Waals surface area contributed by atoms with Crippen LogP contribution in [0.1, 0.15) is 15.9 Å². The molecule has 3 rings (SSSR count). The highest BCUT2D eigenvalue weighted by molar-refractivity contribution is 7.80. The lowest BCUT2D eigenvalue weighted by Crippen LogP contribution is -2.58. The number of aryl methyl sites for hydroxylation is 1. The van der Waals surface area contributed by atoms with Crippen molar-refractivity contribution in [2.45, 2.75) is 6.92 Å². The maximum atomic E-state index is 12.8. The summed E-state index contributed by atoms with van der Waals surface area (Å²) in [7, 11) is 0. The summed E-state index contributed by atoms with van der Waals surface area (Å²) in [5, 5.41) is 6.72. The molecule has 0 unspecified atom stereocenters. The fourth-order valence-corrected chi connectivity index (χ4v) is 2.92. The average molecular weight is 415 g/mol. The topological polar surface area (TPSA) is 90.9 Å². The Morgan fingerprint density at radius 3 is 2.46 bits per heavy atom. The lowest BCUT2D eigenvalue weighted by Gasteiger charge is -2.30. The number of benzene rings is 2. The van der Waals surface area contributed by atoms with Gasteiger partial charge in [0.15, 0.2) is 11.0 Å². The molecule has 9 heteroatoms. The number of nitrogens with zero attached hydrogens (tertiary/aromatic N) is 2. The van der Waals surface area contributed by atoms with E-state index in [9.17, 15) is 14.4 Å². The number of hydrazone groups is 1. The zero-order valence-corrected chi connectivity index (χ0v) is 16.3. The number of carbonyl (C=O) groups is 3. The van der Waals surface area contributed by atoms with Crippen molar-refractivity contribution in [1.29, 1.82) is 0 Å². The van der Waals surface area contributed by atoms with Gasteiger partial charge in [-0.2, -0.15) is 5.10 Å². The molecule has 28 heavy (non-hydrogen) atoms. The van der Waals surface area contributed by atoms with E-state index in [-0.39, 0.29) is 5.11 Å². The Bertz CT molecular complexity index is 974. The molecule has 2 aromatic rings. The van der Waals surface area contributed by atoms with Crippen LogP contribution in [0.15, 0.2) is 53.6 Å². The minimum atomic E-state index is -1.22. The van der Waals surface area contributed by atoms with Gasteiger partial charge in [0, 0.05) is 16.8 Å². The van der Waals surface area contributed by atoms with Crippen LogP contribution in [0.2, 0.25) is 5.02 Å². The van der Waals surface area contributed by atoms with Gasteiger partial charge < -0.3 is 5.32 Å². The quantitative estimate of drug-likeness (QED) is 0.348. The van der Waals surface area contributed by atoms with Crippen molar-refractivity contribution < 1.29 is 14.4 Å². The Kier molecular flexibility index (Phi) is 5.81. The monoisotopic (exact) mass is 414 g/mol. The first kappa shape index (κ1) is 19.7. The minimum Gasteiger partial charge on any atom is -0.301 e. The van der Waals surface area contributed by atoms with Crippen molar-refractivity contribution in [3.63, 3.8) is 0 Å². The Morgan fingerprint density at radius 1 is 1.18 bits per heavy atom. The van der Waals surface area contributed by atoms with E-state index in [1.54, 1.807) is 24.3 Å². The third-order valence-corrected chi connectivity index (χ3v) is 4.53. The van der Waals surface area contributed by atoms with Crippen molar-refractivity contribution >= 4 is 58.6 Å². The van der Waals surface area contributed by atoms with Gasteiger partial charge in [0.25, 0.3) is 11.8 Å². The van der Waals surface area contributed by atoms with Crippen LogP contribution < -0.4 is 15.6 Å². The van der Waals surface area contributed by atoms with Crippen LogP contribution in [0.5, 0.6) is 0 Å². The molecule has 1 fully saturated rings. The van der Waals surface area contributed by atoms with Crippen molar-refractivity contribution in [1.82, 2.24) is 10.7 Å². The second kappa shape index (κ2) is 8.28. The van der Waals surface area contributed by atoms with Gasteiger partial charge in [-0.15, -0.1) is 0 Å². The normalized spacial score (nSPS) is 17.0. The molecule has 142 valence electrons. The maximum Gasteiger partial charge on any atom is 0.271 e. The van der Waals surface area contributed by atoms with Crippen LogP contribution in [0.25, 0.3) is 0 Å². The number of thiocarbonyl (C=S) groups is 1. The Hall–Kier alpha value is -3.10. The number of hydrogen-bond donors (Lipinski definition) is 2. The van der Waals surface area contributed by atoms with Crippen molar-refractivity contribution in [3.8, 4) is 0 Å². The number of carbonyl (C=O) groups excluding carboxylic acids is 3. The largest absolute Gasteiger partial charge is 0.301 e. The van der Waals surface area contributed by atoms with Gasteiger partial charge in [0.1, 0.15) is 0 Å². The second-order valence-electron chi connectivity index (χ2n) is 6.01. The summed E-state index contributed by atoms with van der Waals surface area (Å²) in [4.78, 5) is 38.2. The van der Waals surface area contributed by atoms with Crippen LogP contribution in [0.3, 0.4) is 0 Å². The van der Waals surface area contributed by atoms with Gasteiger partial charge >= 0.3 is 0 Å². The molecule has 1 aliphatic heterocycles. The molecule has 0 bridgehead atoms. The highest BCUT2D eigenvalue weighted by Crippen LogP contribution is 2.20. The first-order valence-electron chi connectivity index (χ1n) is 8.21. The van der Waals surface area contributed by atoms with Crippen molar-refractivity contribution in [2.24, 2.45) is 11.0 Å². The molecule has 1 saturated heterocycles. The molecule has 0 radical (unpaired) electrons. The van der Waals surface area contributed by atoms with Crippen molar-refractivity contribution in [2.75, 3.05) is 4.90 Å². The predicted molar refractivity (Wildman–Crippen MR) is 110 cm³/mol. The number of hydrogen-bond acceptors (Lipinski definition) is 5. The molecule has 0 spiro atoms. The molecule has 0 aromatic heterocycles. The minimum absolute atomic E-state index is 0.00583. The number of nitrogens with one attached hydrogen (secondary N) is 2. The van der Waals surface area contributed by atoms with Gasteiger partial charge in [0.2, 0.25) is 5.91 Å². The van der Waals surface area contributed by atoms with E-state index in [2.05, 4.69) is 15.8 Å². The Morgan fingerprint density at radius 2 is 1.82 bits per heavy atom. The molecule has 0 saturated carbocycles. The van der Waals surface area contributed by atoms with E-state index in [1.165, 1.54) is 17.0 Å². The number of anilines is 1. The number of rotatable bonds is 4. The molecular formula is C19H15ClN4O3S. The lowest BCUT2D eigenvalue weighted by atomic mass is 10.1. The van der Waals surface area contributed by atoms with E-state index in [1.807, 2.05) is 19.1 Å². The van der Waals surface area contributed by atoms with Gasteiger partial charge in [-0.25, -0.2) is 5.43 Å². The summed E-state index contributed by atoms with van der Waals surface area (Å²) in [6, 6.07) is 13.3. The predicted octanol–water partition coefficient (Wildman–Crippen LogP) is 2.43. The number of amides is 3. The first-order valence-corrected chi connectivity index (χ1v) is 9.00. The van der Waals surface area contributed by atoms with E-state index in [0.717, 1.165) is 11.8 Å². The van der Waals surface area contributed by atoms with Gasteiger partial charge in [-0.05, 0) is 55.5 Å². The summed E-state index contributed by atoms with van der Waals surface area (Å²) in [5.41, 5.74) is 4.17. The Balaban J connectivity index is 1.74. The summed E-state index contributed by atoms with van der Waals surface area (Å²) in [6.07, 6.45) is 1.08. The van der Waals surface area contributed by atoms with Crippen LogP contribution in [0, 0.1) is 12.8 Å². The molecule has 7 nitrogen and oxygen atoms in total. The average Bonchev–Trinajstić information content (AvgIpc) is 2.66. The smallest absolute Gasteiger partial charge is 0.271 e. The molecule has 1 atom stereocenters. The van der Waals surface area contributed by atoms with E-state index < -0.39 is 23.6 Å². The molecule has 3 amide bonds. The van der Waals surface area contributed by atoms with Crippen LogP contribution in [0.4, 0.5) is 5.69 Å². The zero-order valence-electron chi connectivity index (χ0n) is 14.7. The summed E-state index contributed by atoms with van der Waals surface area (Å²) < 4.78 is 0. The van der Waals surface area contributed by atoms with E-state index in [4.69, 9.17) is 23.8 Å². The van der Waals surface area contributed by atoms with Crippen LogP contribution >= 0.6 is 23.8 Å². The third kappa shape index (κ3) is 4.24. The van der Waals surface area contributed by atoms with Gasteiger partial charge in [-0.3, -0.25) is 19.3 Å². The van der Waals surface area contributed by atoms with Gasteiger partial charge in [0.05, 0.1) is 5.69 Å². The molecule has 2 aromatic carbocycles. The first-order chi connectivity index (χ1) is 13.4. The SMILES string of the molecule is Cc1ccc(N2C(=O)[C@H](/C=N/NC(=O)c3ccc(Cl)cc3)C(=O)NC2=S)cc1. The number of halogens is 1. The maximum absolute atomic E-state index is 12.8. The molecule has 0 aliphatic carbocycles. The highest BCUT2D eigenvalue weighted by Gasteiger charge is 2.38. The standard InChI is InChI=1S/C19H15ClN4O3S/c1-11-2-8-14(9-3-11)24-18(27)15(17(26)22-19(24)28)10-21-23-16(25)12-4-6-13(20)7-5-12/h2-10,15H,1H3,(H,23,25)(H,22,26,28)/b21-10+/t15-/m1/s1. The zero-order chi connectivity index (χ0) is 20.3. The fraction of sp³-hybridized carbons (Fsp3) is 0.105. The van der Waals surface area contributed by atoms with E-state index in [0.29, 0.717) is 16.3 Å². The Labute approximate surface area is 171 Å². The van der Waals surface area contributed by atoms with Crippen LogP contribution in [-0.4, -0.2) is 29.0 Å². The second-order valence-corrected chi connectivity index (χ2v) is 6.83. The summed E-state index contributed by atoms with van der Waals surface area (Å²) in [6.45, 7) is 1.92. The molecular weight excluding hydrogens is 400 g/mol. The third-order valence-electron chi connectivity index (χ3n) is 3.99. The fourth-order valence-electron chi connectivity index (χ4n) is 2.50. The summed E-state index contributed by atoms with van der Waals surface area (Å²) >= 11 is 10.9.